The first-order valence-electron chi connectivity index (χ1n) is 8.42. The minimum Gasteiger partial charge on any atom is -0.397 e. The van der Waals surface area contributed by atoms with Gasteiger partial charge in [-0.1, -0.05) is 50.2 Å². The van der Waals surface area contributed by atoms with Crippen molar-refractivity contribution < 1.29 is 8.82 Å². The van der Waals surface area contributed by atoms with Gasteiger partial charge in [-0.15, -0.1) is 4.40 Å². The maximum Gasteiger partial charge on any atom is 0.380 e. The molecule has 2 nitrogen and oxygen atoms in total. The van der Waals surface area contributed by atoms with Gasteiger partial charge in [0, 0.05) is 11.6 Å². The van der Waals surface area contributed by atoms with E-state index < -0.39 is 0 Å². The topological polar surface area (TPSA) is 17.2 Å². The lowest BCUT2D eigenvalue weighted by Crippen LogP contribution is -2.20. The van der Waals surface area contributed by atoms with E-state index in [-0.39, 0.29) is 0 Å². The monoisotopic (exact) mass is 312 g/mol. The summed E-state index contributed by atoms with van der Waals surface area (Å²) in [5.74, 6) is 1.48. The summed E-state index contributed by atoms with van der Waals surface area (Å²) in [6, 6.07) is 23.5. The van der Waals surface area contributed by atoms with Gasteiger partial charge in [0.25, 0.3) is 5.69 Å². The average molecular weight is 312 g/mol. The Hall–Kier alpha value is -2.87. The number of benzene rings is 2. The number of rotatable bonds is 2. The average Bonchev–Trinajstić information content (AvgIpc) is 3.16. The Bertz CT molecular complexity index is 1070. The molecule has 0 bridgehead atoms. The molecule has 0 saturated carbocycles. The van der Waals surface area contributed by atoms with Crippen LogP contribution < -0.4 is 4.40 Å². The van der Waals surface area contributed by atoms with Crippen molar-refractivity contribution in [3.05, 3.63) is 72.3 Å². The van der Waals surface area contributed by atoms with E-state index in [9.17, 15) is 0 Å². The Balaban J connectivity index is 1.80. The van der Waals surface area contributed by atoms with Crippen molar-refractivity contribution in [3.63, 3.8) is 0 Å². The SMILES string of the molecule is CC(C)c1ccc(-c2oc3cccc4[n+]3c2-c2ccccc2-4)cc1. The van der Waals surface area contributed by atoms with Crippen LogP contribution in [0.1, 0.15) is 25.3 Å². The van der Waals surface area contributed by atoms with Crippen molar-refractivity contribution in [2.24, 2.45) is 0 Å². The van der Waals surface area contributed by atoms with Crippen LogP contribution in [0.4, 0.5) is 0 Å². The first-order chi connectivity index (χ1) is 11.7. The summed E-state index contributed by atoms with van der Waals surface area (Å²) >= 11 is 0. The molecule has 3 heterocycles. The van der Waals surface area contributed by atoms with E-state index in [0.29, 0.717) is 5.92 Å². The van der Waals surface area contributed by atoms with Crippen molar-refractivity contribution in [1.29, 1.82) is 0 Å². The van der Waals surface area contributed by atoms with E-state index in [2.05, 4.69) is 78.9 Å². The van der Waals surface area contributed by atoms with Gasteiger partial charge >= 0.3 is 5.71 Å². The molecule has 0 atom stereocenters. The van der Waals surface area contributed by atoms with Gasteiger partial charge in [-0.2, -0.15) is 0 Å². The van der Waals surface area contributed by atoms with Crippen LogP contribution >= 0.6 is 0 Å². The molecule has 0 aliphatic carbocycles. The number of pyridine rings is 1. The van der Waals surface area contributed by atoms with Crippen molar-refractivity contribution in [3.8, 4) is 33.8 Å². The van der Waals surface area contributed by atoms with Gasteiger partial charge in [0.1, 0.15) is 0 Å². The van der Waals surface area contributed by atoms with Crippen LogP contribution in [0.2, 0.25) is 0 Å². The highest BCUT2D eigenvalue weighted by molar-refractivity contribution is 5.88. The lowest BCUT2D eigenvalue weighted by molar-refractivity contribution is -0.485. The van der Waals surface area contributed by atoms with E-state index in [1.165, 1.54) is 22.4 Å². The first-order valence-corrected chi connectivity index (χ1v) is 8.42. The van der Waals surface area contributed by atoms with Crippen LogP contribution in [0, 0.1) is 0 Å². The lowest BCUT2D eigenvalue weighted by Gasteiger charge is -2.05. The summed E-state index contributed by atoms with van der Waals surface area (Å²) in [6.45, 7) is 4.43. The molecule has 116 valence electrons. The molecule has 2 aromatic heterocycles. The van der Waals surface area contributed by atoms with Crippen LogP contribution in [-0.2, 0) is 0 Å². The van der Waals surface area contributed by atoms with Gasteiger partial charge in [0.05, 0.1) is 17.2 Å². The van der Waals surface area contributed by atoms with Gasteiger partial charge in [0.15, 0.2) is 0 Å². The number of nitrogens with zero attached hydrogens (tertiary/aromatic N) is 1. The van der Waals surface area contributed by atoms with Crippen LogP contribution in [0.15, 0.2) is 71.1 Å². The Morgan fingerprint density at radius 2 is 1.54 bits per heavy atom. The summed E-state index contributed by atoms with van der Waals surface area (Å²) < 4.78 is 8.47. The van der Waals surface area contributed by atoms with E-state index in [1.54, 1.807) is 0 Å². The summed E-state index contributed by atoms with van der Waals surface area (Å²) in [6.07, 6.45) is 0. The van der Waals surface area contributed by atoms with Crippen molar-refractivity contribution >= 4 is 5.71 Å². The second-order valence-electron chi connectivity index (χ2n) is 6.69. The highest BCUT2D eigenvalue weighted by atomic mass is 16.3. The van der Waals surface area contributed by atoms with Gasteiger partial charge in [0.2, 0.25) is 11.5 Å². The maximum absolute atomic E-state index is 6.24. The number of aromatic nitrogens is 1. The molecular weight excluding hydrogens is 294 g/mol. The molecular formula is C22H18NO+. The van der Waals surface area contributed by atoms with E-state index in [0.717, 1.165) is 22.7 Å². The maximum atomic E-state index is 6.24. The largest absolute Gasteiger partial charge is 0.397 e. The predicted molar refractivity (Wildman–Crippen MR) is 95.8 cm³/mol. The molecule has 0 N–H and O–H groups in total. The van der Waals surface area contributed by atoms with Crippen LogP contribution in [0.25, 0.3) is 39.6 Å². The molecule has 0 fully saturated rings. The lowest BCUT2D eigenvalue weighted by atomic mass is 9.99. The zero-order valence-corrected chi connectivity index (χ0v) is 13.8. The summed E-state index contributed by atoms with van der Waals surface area (Å²) in [7, 11) is 0. The Morgan fingerprint density at radius 3 is 2.29 bits per heavy atom. The predicted octanol–water partition coefficient (Wildman–Crippen LogP) is 5.46. The van der Waals surface area contributed by atoms with Crippen molar-refractivity contribution in [2.45, 2.75) is 19.8 Å². The Labute approximate surface area is 141 Å². The molecule has 1 aliphatic rings. The third-order valence-corrected chi connectivity index (χ3v) is 4.90. The summed E-state index contributed by atoms with van der Waals surface area (Å²) in [4.78, 5) is 0. The highest BCUT2D eigenvalue weighted by Crippen LogP contribution is 2.41. The van der Waals surface area contributed by atoms with Gasteiger partial charge in [-0.3, -0.25) is 0 Å². The summed E-state index contributed by atoms with van der Waals surface area (Å²) in [5, 5.41) is 0. The molecule has 0 saturated heterocycles. The normalized spacial score (nSPS) is 12.1. The number of hydrogen-bond acceptors (Lipinski definition) is 1. The second kappa shape index (κ2) is 4.81. The Kier molecular flexibility index (Phi) is 2.72. The van der Waals surface area contributed by atoms with E-state index in [1.807, 2.05) is 6.07 Å². The molecule has 0 spiro atoms. The number of oxazole rings is 1. The van der Waals surface area contributed by atoms with Crippen molar-refractivity contribution in [1.82, 2.24) is 0 Å². The summed E-state index contributed by atoms with van der Waals surface area (Å²) in [5.41, 5.74) is 8.24. The fourth-order valence-corrected chi connectivity index (χ4v) is 3.64. The molecule has 0 unspecified atom stereocenters. The van der Waals surface area contributed by atoms with Crippen LogP contribution in [0.3, 0.4) is 0 Å². The van der Waals surface area contributed by atoms with Crippen molar-refractivity contribution in [2.75, 3.05) is 0 Å². The third-order valence-electron chi connectivity index (χ3n) is 4.90. The van der Waals surface area contributed by atoms with Crippen LogP contribution in [-0.4, -0.2) is 0 Å². The number of fused-ring (bicyclic) bond motifs is 3. The Morgan fingerprint density at radius 1 is 0.792 bits per heavy atom. The molecule has 0 radical (unpaired) electrons. The molecule has 2 aromatic carbocycles. The quantitative estimate of drug-likeness (QED) is 0.396. The highest BCUT2D eigenvalue weighted by Gasteiger charge is 2.36. The molecule has 24 heavy (non-hydrogen) atoms. The zero-order chi connectivity index (χ0) is 16.3. The molecule has 4 aromatic rings. The fraction of sp³-hybridized carbons (Fsp3) is 0.136. The third kappa shape index (κ3) is 1.74. The molecule has 1 aliphatic heterocycles. The molecule has 2 heteroatoms. The first kappa shape index (κ1) is 13.6. The van der Waals surface area contributed by atoms with Gasteiger partial charge in [-0.25, -0.2) is 0 Å². The zero-order valence-electron chi connectivity index (χ0n) is 13.8. The van der Waals surface area contributed by atoms with Gasteiger partial charge in [-0.05, 0) is 29.7 Å². The smallest absolute Gasteiger partial charge is 0.380 e. The van der Waals surface area contributed by atoms with E-state index in [4.69, 9.17) is 4.42 Å². The van der Waals surface area contributed by atoms with Gasteiger partial charge < -0.3 is 4.42 Å². The minimum absolute atomic E-state index is 0.534. The molecule has 5 rings (SSSR count). The van der Waals surface area contributed by atoms with Crippen LogP contribution in [0.5, 0.6) is 0 Å². The molecule has 0 amide bonds. The minimum atomic E-state index is 0.534. The second-order valence-corrected chi connectivity index (χ2v) is 6.69. The standard InChI is InChI=1S/C22H18NO/c1-14(2)15-10-12-16(13-11-15)22-21-18-7-4-3-6-17(18)19-8-5-9-20(24-22)23(19)21/h3-14H,1-2H3/q+1. The van der Waals surface area contributed by atoms with E-state index >= 15 is 0 Å². The number of hydrogen-bond donors (Lipinski definition) is 0. The fourth-order valence-electron chi connectivity index (χ4n) is 3.64.